The van der Waals surface area contributed by atoms with Gasteiger partial charge in [-0.25, -0.2) is 8.42 Å². The van der Waals surface area contributed by atoms with Crippen molar-refractivity contribution in [1.29, 1.82) is 0 Å². The minimum absolute atomic E-state index is 0.0747. The van der Waals surface area contributed by atoms with E-state index in [4.69, 9.17) is 5.11 Å². The summed E-state index contributed by atoms with van der Waals surface area (Å²) >= 11 is 0. The number of rotatable bonds is 6. The first-order valence-electron chi connectivity index (χ1n) is 4.82. The van der Waals surface area contributed by atoms with E-state index in [2.05, 4.69) is 5.32 Å². The van der Waals surface area contributed by atoms with E-state index in [1.807, 2.05) is 0 Å². The van der Waals surface area contributed by atoms with Crippen molar-refractivity contribution in [2.24, 2.45) is 0 Å². The Labute approximate surface area is 90.8 Å². The van der Waals surface area contributed by atoms with Gasteiger partial charge in [-0.05, 0) is 26.7 Å². The molecule has 0 aromatic carbocycles. The maximum absolute atomic E-state index is 11.5. The molecule has 90 valence electrons. The van der Waals surface area contributed by atoms with Crippen molar-refractivity contribution < 1.29 is 18.3 Å². The zero-order chi connectivity index (χ0) is 12.1. The van der Waals surface area contributed by atoms with Crippen LogP contribution in [0.3, 0.4) is 0 Å². The van der Waals surface area contributed by atoms with Crippen LogP contribution in [0.15, 0.2) is 0 Å². The number of unbranched alkanes of at least 4 members (excludes halogenated alkanes) is 1. The average molecular weight is 237 g/mol. The molecule has 0 aliphatic heterocycles. The number of amides is 1. The van der Waals surface area contributed by atoms with Gasteiger partial charge in [0.15, 0.2) is 9.84 Å². The molecule has 5 nitrogen and oxygen atoms in total. The van der Waals surface area contributed by atoms with Crippen molar-refractivity contribution in [3.63, 3.8) is 0 Å². The van der Waals surface area contributed by atoms with Crippen molar-refractivity contribution in [1.82, 2.24) is 5.32 Å². The fraction of sp³-hybridized carbons (Fsp3) is 0.889. The molecule has 15 heavy (non-hydrogen) atoms. The predicted octanol–water partition coefficient (Wildman–Crippen LogP) is -0.302. The van der Waals surface area contributed by atoms with Crippen LogP contribution in [0, 0.1) is 0 Å². The molecule has 0 aliphatic carbocycles. The maximum Gasteiger partial charge on any atom is 0.240 e. The fourth-order valence-electron chi connectivity index (χ4n) is 0.820. The SMILES string of the molecule is CC(C)(C(=O)NCCCCO)S(C)(=O)=O. The highest BCUT2D eigenvalue weighted by Gasteiger charge is 2.37. The summed E-state index contributed by atoms with van der Waals surface area (Å²) in [4.78, 5) is 11.5. The van der Waals surface area contributed by atoms with E-state index >= 15 is 0 Å². The van der Waals surface area contributed by atoms with Crippen LogP contribution in [0.4, 0.5) is 0 Å². The van der Waals surface area contributed by atoms with E-state index in [1.165, 1.54) is 13.8 Å². The monoisotopic (exact) mass is 237 g/mol. The Morgan fingerprint density at radius 1 is 1.33 bits per heavy atom. The summed E-state index contributed by atoms with van der Waals surface area (Å²) in [6.07, 6.45) is 2.28. The fourth-order valence-corrected chi connectivity index (χ4v) is 1.23. The molecule has 0 atom stereocenters. The van der Waals surface area contributed by atoms with Gasteiger partial charge in [0.05, 0.1) is 0 Å². The number of hydrogen-bond donors (Lipinski definition) is 2. The van der Waals surface area contributed by atoms with E-state index < -0.39 is 20.5 Å². The van der Waals surface area contributed by atoms with Crippen LogP contribution in [0.5, 0.6) is 0 Å². The minimum Gasteiger partial charge on any atom is -0.396 e. The van der Waals surface area contributed by atoms with Crippen molar-refractivity contribution in [2.75, 3.05) is 19.4 Å². The molecule has 0 radical (unpaired) electrons. The minimum atomic E-state index is -3.41. The van der Waals surface area contributed by atoms with Crippen LogP contribution in [-0.4, -0.2) is 43.6 Å². The first-order chi connectivity index (χ1) is 6.73. The number of nitrogens with one attached hydrogen (secondary N) is 1. The van der Waals surface area contributed by atoms with Gasteiger partial charge in [0.2, 0.25) is 5.91 Å². The van der Waals surface area contributed by atoms with Gasteiger partial charge in [0, 0.05) is 19.4 Å². The third-order valence-electron chi connectivity index (χ3n) is 2.34. The van der Waals surface area contributed by atoms with E-state index in [0.29, 0.717) is 19.4 Å². The largest absolute Gasteiger partial charge is 0.396 e. The van der Waals surface area contributed by atoms with Crippen LogP contribution < -0.4 is 5.32 Å². The lowest BCUT2D eigenvalue weighted by atomic mass is 10.2. The lowest BCUT2D eigenvalue weighted by Gasteiger charge is -2.21. The number of carbonyl (C=O) groups excluding carboxylic acids is 1. The van der Waals surface area contributed by atoms with Crippen molar-refractivity contribution in [3.8, 4) is 0 Å². The summed E-state index contributed by atoms with van der Waals surface area (Å²) in [6, 6.07) is 0. The molecule has 0 fully saturated rings. The van der Waals surface area contributed by atoms with Gasteiger partial charge < -0.3 is 10.4 Å². The van der Waals surface area contributed by atoms with E-state index in [-0.39, 0.29) is 6.61 Å². The highest BCUT2D eigenvalue weighted by molar-refractivity contribution is 7.92. The zero-order valence-corrected chi connectivity index (χ0v) is 10.2. The van der Waals surface area contributed by atoms with Gasteiger partial charge >= 0.3 is 0 Å². The van der Waals surface area contributed by atoms with Crippen molar-refractivity contribution in [2.45, 2.75) is 31.4 Å². The van der Waals surface area contributed by atoms with Crippen LogP contribution in [0.1, 0.15) is 26.7 Å². The maximum atomic E-state index is 11.5. The van der Waals surface area contributed by atoms with Gasteiger partial charge in [0.1, 0.15) is 4.75 Å². The molecule has 0 aromatic rings. The topological polar surface area (TPSA) is 83.5 Å². The normalized spacial score (nSPS) is 12.5. The molecule has 0 rings (SSSR count). The van der Waals surface area contributed by atoms with Crippen molar-refractivity contribution >= 4 is 15.7 Å². The highest BCUT2D eigenvalue weighted by Crippen LogP contribution is 2.14. The highest BCUT2D eigenvalue weighted by atomic mass is 32.2. The number of aliphatic hydroxyl groups excluding tert-OH is 1. The second-order valence-electron chi connectivity index (χ2n) is 3.97. The molecule has 0 saturated carbocycles. The number of aliphatic hydroxyl groups is 1. The molecule has 0 unspecified atom stereocenters. The molecule has 0 aromatic heterocycles. The average Bonchev–Trinajstić information content (AvgIpc) is 2.10. The lowest BCUT2D eigenvalue weighted by Crippen LogP contribution is -2.47. The molecular weight excluding hydrogens is 218 g/mol. The van der Waals surface area contributed by atoms with Crippen molar-refractivity contribution in [3.05, 3.63) is 0 Å². The summed E-state index contributed by atoms with van der Waals surface area (Å²) in [7, 11) is -3.41. The van der Waals surface area contributed by atoms with Gasteiger partial charge in [-0.15, -0.1) is 0 Å². The Balaban J connectivity index is 4.22. The molecule has 0 bridgehead atoms. The second kappa shape index (κ2) is 5.46. The summed E-state index contributed by atoms with van der Waals surface area (Å²) in [5, 5.41) is 11.0. The first-order valence-corrected chi connectivity index (χ1v) is 6.71. The molecule has 0 spiro atoms. The Bertz CT molecular complexity index is 308. The zero-order valence-electron chi connectivity index (χ0n) is 9.41. The second-order valence-corrected chi connectivity index (χ2v) is 6.53. The van der Waals surface area contributed by atoms with Gasteiger partial charge in [0.25, 0.3) is 0 Å². The van der Waals surface area contributed by atoms with Crippen LogP contribution in [-0.2, 0) is 14.6 Å². The third-order valence-corrected chi connectivity index (χ3v) is 4.38. The Hall–Kier alpha value is -0.620. The smallest absolute Gasteiger partial charge is 0.240 e. The van der Waals surface area contributed by atoms with Gasteiger partial charge in [-0.1, -0.05) is 0 Å². The van der Waals surface area contributed by atoms with Crippen LogP contribution in [0.25, 0.3) is 0 Å². The van der Waals surface area contributed by atoms with E-state index in [1.54, 1.807) is 0 Å². The first kappa shape index (κ1) is 14.4. The standard InChI is InChI=1S/C9H19NO4S/c1-9(2,15(3,13)14)8(12)10-6-4-5-7-11/h11H,4-7H2,1-3H3,(H,10,12). The molecular formula is C9H19NO4S. The molecule has 1 amide bonds. The van der Waals surface area contributed by atoms with E-state index in [9.17, 15) is 13.2 Å². The van der Waals surface area contributed by atoms with Gasteiger partial charge in [-0.3, -0.25) is 4.79 Å². The predicted molar refractivity (Wildman–Crippen MR) is 58.3 cm³/mol. The Morgan fingerprint density at radius 3 is 2.27 bits per heavy atom. The summed E-state index contributed by atoms with van der Waals surface area (Å²) in [5.41, 5.74) is 0. The summed E-state index contributed by atoms with van der Waals surface area (Å²) < 4.78 is 21.2. The lowest BCUT2D eigenvalue weighted by molar-refractivity contribution is -0.122. The molecule has 6 heteroatoms. The van der Waals surface area contributed by atoms with Gasteiger partial charge in [-0.2, -0.15) is 0 Å². The molecule has 0 heterocycles. The van der Waals surface area contributed by atoms with E-state index in [0.717, 1.165) is 6.26 Å². The molecule has 0 aliphatic rings. The molecule has 0 saturated heterocycles. The number of carbonyl (C=O) groups is 1. The Morgan fingerprint density at radius 2 is 1.87 bits per heavy atom. The number of hydrogen-bond acceptors (Lipinski definition) is 4. The Kier molecular flexibility index (Phi) is 5.23. The summed E-state index contributed by atoms with van der Waals surface area (Å²) in [6.45, 7) is 3.22. The quantitative estimate of drug-likeness (QED) is 0.621. The third kappa shape index (κ3) is 4.17. The molecule has 2 N–H and O–H groups in total. The van der Waals surface area contributed by atoms with Crippen LogP contribution in [0.2, 0.25) is 0 Å². The number of sulfone groups is 1. The van der Waals surface area contributed by atoms with Crippen LogP contribution >= 0.6 is 0 Å². The summed E-state index contributed by atoms with van der Waals surface area (Å²) in [5.74, 6) is -0.497.